The van der Waals surface area contributed by atoms with Crippen LogP contribution in [0.4, 0.5) is 0 Å². The second-order valence-electron chi connectivity index (χ2n) is 7.41. The predicted molar refractivity (Wildman–Crippen MR) is 85.3 cm³/mol. The molecule has 1 aromatic carbocycles. The van der Waals surface area contributed by atoms with Crippen molar-refractivity contribution in [3.05, 3.63) is 35.9 Å². The van der Waals surface area contributed by atoms with Crippen molar-refractivity contribution in [2.45, 2.75) is 53.5 Å². The quantitative estimate of drug-likeness (QED) is 0.815. The van der Waals surface area contributed by atoms with Crippen molar-refractivity contribution < 1.29 is 0 Å². The molecule has 1 rings (SSSR count). The standard InChI is InChI=1S/C18H28N2/c1-17(2,3)16(15-10-7-6-8-11-15)20-14-18(4,5)12-9-13-19/h6-8,10-11,16,20H,9,12,14H2,1-5H3. The van der Waals surface area contributed by atoms with Gasteiger partial charge in [-0.05, 0) is 22.8 Å². The zero-order valence-corrected chi connectivity index (χ0v) is 13.5. The summed E-state index contributed by atoms with van der Waals surface area (Å²) in [5.74, 6) is 0. The fourth-order valence-electron chi connectivity index (χ4n) is 2.43. The molecule has 20 heavy (non-hydrogen) atoms. The molecule has 0 bridgehead atoms. The fraction of sp³-hybridized carbons (Fsp3) is 0.611. The van der Waals surface area contributed by atoms with Crippen LogP contribution >= 0.6 is 0 Å². The molecule has 0 aliphatic rings. The summed E-state index contributed by atoms with van der Waals surface area (Å²) in [6.07, 6.45) is 1.56. The lowest BCUT2D eigenvalue weighted by Crippen LogP contribution is -2.38. The average Bonchev–Trinajstić information content (AvgIpc) is 2.36. The molecule has 0 spiro atoms. The molecule has 0 aliphatic carbocycles. The summed E-state index contributed by atoms with van der Waals surface area (Å²) in [5, 5.41) is 12.5. The van der Waals surface area contributed by atoms with E-state index < -0.39 is 0 Å². The van der Waals surface area contributed by atoms with Crippen LogP contribution in [0.15, 0.2) is 30.3 Å². The van der Waals surface area contributed by atoms with Gasteiger partial charge in [0.2, 0.25) is 0 Å². The smallest absolute Gasteiger partial charge is 0.0621 e. The van der Waals surface area contributed by atoms with E-state index in [0.29, 0.717) is 12.5 Å². The Labute approximate surface area is 124 Å². The Morgan fingerprint density at radius 3 is 2.20 bits per heavy atom. The Morgan fingerprint density at radius 1 is 1.10 bits per heavy atom. The zero-order chi connectivity index (χ0) is 15.2. The third kappa shape index (κ3) is 5.35. The van der Waals surface area contributed by atoms with E-state index in [1.165, 1.54) is 5.56 Å². The fourth-order valence-corrected chi connectivity index (χ4v) is 2.43. The van der Waals surface area contributed by atoms with Gasteiger partial charge in [0.1, 0.15) is 0 Å². The van der Waals surface area contributed by atoms with Crippen molar-refractivity contribution in [2.24, 2.45) is 10.8 Å². The Morgan fingerprint density at radius 2 is 1.70 bits per heavy atom. The van der Waals surface area contributed by atoms with Gasteiger partial charge in [0.05, 0.1) is 6.07 Å². The minimum absolute atomic E-state index is 0.147. The van der Waals surface area contributed by atoms with Crippen molar-refractivity contribution in [1.29, 1.82) is 5.26 Å². The first-order valence-corrected chi connectivity index (χ1v) is 7.41. The molecule has 0 aromatic heterocycles. The van der Waals surface area contributed by atoms with Crippen LogP contribution in [0.3, 0.4) is 0 Å². The van der Waals surface area contributed by atoms with E-state index in [9.17, 15) is 0 Å². The van der Waals surface area contributed by atoms with Crippen molar-refractivity contribution in [3.8, 4) is 6.07 Å². The molecular formula is C18H28N2. The van der Waals surface area contributed by atoms with E-state index in [4.69, 9.17) is 5.26 Å². The maximum atomic E-state index is 8.74. The van der Waals surface area contributed by atoms with Gasteiger partial charge in [-0.25, -0.2) is 0 Å². The van der Waals surface area contributed by atoms with Crippen LogP contribution in [-0.2, 0) is 0 Å². The predicted octanol–water partition coefficient (Wildman–Crippen LogP) is 4.69. The van der Waals surface area contributed by atoms with Crippen LogP contribution in [-0.4, -0.2) is 6.54 Å². The summed E-state index contributed by atoms with van der Waals surface area (Å²) < 4.78 is 0. The number of rotatable bonds is 6. The molecule has 0 radical (unpaired) electrons. The van der Waals surface area contributed by atoms with Crippen LogP contribution in [0.2, 0.25) is 0 Å². The molecule has 1 atom stereocenters. The Hall–Kier alpha value is -1.33. The molecule has 1 aromatic rings. The zero-order valence-electron chi connectivity index (χ0n) is 13.5. The first kappa shape index (κ1) is 16.7. The van der Waals surface area contributed by atoms with Gasteiger partial charge in [-0.3, -0.25) is 0 Å². The van der Waals surface area contributed by atoms with Crippen LogP contribution in [0.1, 0.15) is 59.1 Å². The Bertz CT molecular complexity index is 435. The summed E-state index contributed by atoms with van der Waals surface area (Å²) in [4.78, 5) is 0. The molecule has 0 saturated heterocycles. The van der Waals surface area contributed by atoms with Gasteiger partial charge in [-0.2, -0.15) is 5.26 Å². The highest BCUT2D eigenvalue weighted by Gasteiger charge is 2.28. The third-order valence-corrected chi connectivity index (χ3v) is 3.70. The molecule has 0 fully saturated rings. The second-order valence-corrected chi connectivity index (χ2v) is 7.41. The molecule has 110 valence electrons. The van der Waals surface area contributed by atoms with E-state index in [1.807, 2.05) is 0 Å². The van der Waals surface area contributed by atoms with Crippen molar-refractivity contribution >= 4 is 0 Å². The largest absolute Gasteiger partial charge is 0.309 e. The molecule has 0 amide bonds. The minimum atomic E-state index is 0.147. The number of nitrogens with one attached hydrogen (secondary N) is 1. The molecule has 0 saturated carbocycles. The molecule has 0 aliphatic heterocycles. The molecule has 0 heterocycles. The highest BCUT2D eigenvalue weighted by atomic mass is 14.9. The lowest BCUT2D eigenvalue weighted by Gasteiger charge is -2.35. The molecular weight excluding hydrogens is 244 g/mol. The monoisotopic (exact) mass is 272 g/mol. The van der Waals surface area contributed by atoms with E-state index in [0.717, 1.165) is 13.0 Å². The van der Waals surface area contributed by atoms with Crippen LogP contribution in [0.25, 0.3) is 0 Å². The van der Waals surface area contributed by atoms with Gasteiger partial charge in [0.25, 0.3) is 0 Å². The minimum Gasteiger partial charge on any atom is -0.309 e. The van der Waals surface area contributed by atoms with E-state index in [-0.39, 0.29) is 10.8 Å². The van der Waals surface area contributed by atoms with Gasteiger partial charge in [0, 0.05) is 19.0 Å². The summed E-state index contributed by atoms with van der Waals surface area (Å²) in [6.45, 7) is 12.2. The topological polar surface area (TPSA) is 35.8 Å². The average molecular weight is 272 g/mol. The summed E-state index contributed by atoms with van der Waals surface area (Å²) in [7, 11) is 0. The Kier molecular flexibility index (Phi) is 5.77. The molecule has 2 heteroatoms. The summed E-state index contributed by atoms with van der Waals surface area (Å²) in [6, 6.07) is 13.2. The number of hydrogen-bond acceptors (Lipinski definition) is 2. The molecule has 1 N–H and O–H groups in total. The highest BCUT2D eigenvalue weighted by Crippen LogP contribution is 2.33. The number of nitriles is 1. The van der Waals surface area contributed by atoms with Crippen molar-refractivity contribution in [2.75, 3.05) is 6.54 Å². The maximum Gasteiger partial charge on any atom is 0.0621 e. The highest BCUT2D eigenvalue weighted by molar-refractivity contribution is 5.20. The number of nitrogens with zero attached hydrogens (tertiary/aromatic N) is 1. The van der Waals surface area contributed by atoms with Crippen LogP contribution < -0.4 is 5.32 Å². The Balaban J connectivity index is 2.76. The lowest BCUT2D eigenvalue weighted by molar-refractivity contribution is 0.226. The number of benzene rings is 1. The van der Waals surface area contributed by atoms with Gasteiger partial charge in [-0.15, -0.1) is 0 Å². The van der Waals surface area contributed by atoms with Crippen LogP contribution in [0, 0.1) is 22.2 Å². The first-order chi connectivity index (χ1) is 9.26. The normalized spacial score (nSPS) is 13.8. The van der Waals surface area contributed by atoms with E-state index in [2.05, 4.69) is 76.3 Å². The van der Waals surface area contributed by atoms with Crippen LogP contribution in [0.5, 0.6) is 0 Å². The van der Waals surface area contributed by atoms with Crippen molar-refractivity contribution in [3.63, 3.8) is 0 Å². The first-order valence-electron chi connectivity index (χ1n) is 7.41. The second kappa shape index (κ2) is 6.90. The summed E-state index contributed by atoms with van der Waals surface area (Å²) in [5.41, 5.74) is 1.64. The molecule has 1 unspecified atom stereocenters. The van der Waals surface area contributed by atoms with Gasteiger partial charge >= 0.3 is 0 Å². The number of hydrogen-bond donors (Lipinski definition) is 1. The van der Waals surface area contributed by atoms with Crippen molar-refractivity contribution in [1.82, 2.24) is 5.32 Å². The summed E-state index contributed by atoms with van der Waals surface area (Å²) >= 11 is 0. The lowest BCUT2D eigenvalue weighted by atomic mass is 9.80. The molecule has 2 nitrogen and oxygen atoms in total. The maximum absolute atomic E-state index is 8.74. The van der Waals surface area contributed by atoms with Gasteiger partial charge in [-0.1, -0.05) is 65.0 Å². The third-order valence-electron chi connectivity index (χ3n) is 3.70. The van der Waals surface area contributed by atoms with E-state index in [1.54, 1.807) is 0 Å². The van der Waals surface area contributed by atoms with E-state index >= 15 is 0 Å². The SMILES string of the molecule is CC(C)(CCC#N)CNC(c1ccccc1)C(C)(C)C. The van der Waals surface area contributed by atoms with Gasteiger partial charge < -0.3 is 5.32 Å². The van der Waals surface area contributed by atoms with Gasteiger partial charge in [0.15, 0.2) is 0 Å².